The van der Waals surface area contributed by atoms with Crippen molar-refractivity contribution in [1.82, 2.24) is 14.1 Å². The number of aromatic nitrogens is 3. The van der Waals surface area contributed by atoms with E-state index >= 15 is 0 Å². The summed E-state index contributed by atoms with van der Waals surface area (Å²) in [5.74, 6) is 0.417. The third-order valence-corrected chi connectivity index (χ3v) is 5.24. The number of carbonyl (C=O) groups is 1. The van der Waals surface area contributed by atoms with E-state index < -0.39 is 0 Å². The van der Waals surface area contributed by atoms with E-state index in [2.05, 4.69) is 26.2 Å². The minimum Gasteiger partial charge on any atom is -0.497 e. The molecule has 2 aromatic heterocycles. The second-order valence-electron chi connectivity index (χ2n) is 6.82. The highest BCUT2D eigenvalue weighted by Gasteiger charge is 2.16. The summed E-state index contributed by atoms with van der Waals surface area (Å²) in [5, 5.41) is 2.79. The van der Waals surface area contributed by atoms with Gasteiger partial charge in [0, 0.05) is 29.0 Å². The van der Waals surface area contributed by atoms with E-state index in [1.807, 2.05) is 42.6 Å². The van der Waals surface area contributed by atoms with Crippen LogP contribution in [0.5, 0.6) is 5.75 Å². The van der Waals surface area contributed by atoms with Crippen molar-refractivity contribution in [3.8, 4) is 16.9 Å². The van der Waals surface area contributed by atoms with Crippen LogP contribution in [0, 0.1) is 0 Å². The number of methoxy groups -OCH3 is 1. The molecule has 4 aromatic rings. The van der Waals surface area contributed by atoms with Crippen molar-refractivity contribution < 1.29 is 9.53 Å². The van der Waals surface area contributed by atoms with Gasteiger partial charge in [-0.1, -0.05) is 34.1 Å². The van der Waals surface area contributed by atoms with Gasteiger partial charge in [0.2, 0.25) is 5.91 Å². The fourth-order valence-corrected chi connectivity index (χ4v) is 3.75. The van der Waals surface area contributed by atoms with Gasteiger partial charge in [-0.25, -0.2) is 4.98 Å². The standard InChI is InChI=1S/C22H19BrN4O3/c1-26-11-18(14-5-3-8-17(9-14)30-2)20-21(26)22(29)27(13-24-20)12-19(28)25-16-7-4-6-15(23)10-16/h3-11,13H,12H2,1-2H3,(H,25,28). The third-order valence-electron chi connectivity index (χ3n) is 4.75. The molecule has 0 atom stereocenters. The molecule has 0 aliphatic heterocycles. The summed E-state index contributed by atoms with van der Waals surface area (Å²) in [6.45, 7) is -0.131. The number of halogens is 1. The van der Waals surface area contributed by atoms with E-state index in [0.717, 1.165) is 21.3 Å². The Labute approximate surface area is 181 Å². The lowest BCUT2D eigenvalue weighted by Crippen LogP contribution is -2.28. The molecular formula is C22H19BrN4O3. The summed E-state index contributed by atoms with van der Waals surface area (Å²) in [6, 6.07) is 14.9. The maximum absolute atomic E-state index is 13.0. The van der Waals surface area contributed by atoms with E-state index in [-0.39, 0.29) is 18.0 Å². The molecule has 0 aliphatic rings. The van der Waals surface area contributed by atoms with Gasteiger partial charge in [0.15, 0.2) is 0 Å². The van der Waals surface area contributed by atoms with E-state index in [1.54, 1.807) is 30.9 Å². The Bertz CT molecular complexity index is 1310. The second-order valence-corrected chi connectivity index (χ2v) is 7.73. The summed E-state index contributed by atoms with van der Waals surface area (Å²) < 4.78 is 9.20. The minimum atomic E-state index is -0.307. The van der Waals surface area contributed by atoms with Gasteiger partial charge in [0.1, 0.15) is 23.3 Å². The third kappa shape index (κ3) is 3.86. The van der Waals surface area contributed by atoms with Crippen LogP contribution < -0.4 is 15.6 Å². The largest absolute Gasteiger partial charge is 0.497 e. The molecule has 2 heterocycles. The summed E-state index contributed by atoms with van der Waals surface area (Å²) in [4.78, 5) is 30.0. The van der Waals surface area contributed by atoms with Crippen LogP contribution >= 0.6 is 15.9 Å². The Balaban J connectivity index is 1.67. The molecule has 1 amide bonds. The van der Waals surface area contributed by atoms with Gasteiger partial charge in [-0.05, 0) is 35.9 Å². The number of hydrogen-bond acceptors (Lipinski definition) is 4. The Kier molecular flexibility index (Phi) is 5.41. The summed E-state index contributed by atoms with van der Waals surface area (Å²) in [7, 11) is 3.40. The zero-order chi connectivity index (χ0) is 21.3. The molecular weight excluding hydrogens is 448 g/mol. The SMILES string of the molecule is COc1cccc(-c2cn(C)c3c(=O)n(CC(=O)Nc4cccc(Br)c4)cnc23)c1. The topological polar surface area (TPSA) is 78.1 Å². The molecule has 0 saturated carbocycles. The molecule has 8 heteroatoms. The predicted molar refractivity (Wildman–Crippen MR) is 120 cm³/mol. The van der Waals surface area contributed by atoms with Gasteiger partial charge in [0.25, 0.3) is 5.56 Å². The quantitative estimate of drug-likeness (QED) is 0.484. The monoisotopic (exact) mass is 466 g/mol. The Morgan fingerprint density at radius 3 is 2.77 bits per heavy atom. The number of nitrogens with one attached hydrogen (secondary N) is 1. The molecule has 30 heavy (non-hydrogen) atoms. The molecule has 1 N–H and O–H groups in total. The lowest BCUT2D eigenvalue weighted by Gasteiger charge is -2.08. The fraction of sp³-hybridized carbons (Fsp3) is 0.136. The van der Waals surface area contributed by atoms with Crippen molar-refractivity contribution in [2.45, 2.75) is 6.54 Å². The van der Waals surface area contributed by atoms with Crippen LogP contribution in [0.2, 0.25) is 0 Å². The number of rotatable bonds is 5. The molecule has 0 spiro atoms. The van der Waals surface area contributed by atoms with Crippen LogP contribution in [0.1, 0.15) is 0 Å². The number of benzene rings is 2. The minimum absolute atomic E-state index is 0.131. The van der Waals surface area contributed by atoms with E-state index in [9.17, 15) is 9.59 Å². The number of carbonyl (C=O) groups excluding carboxylic acids is 1. The van der Waals surface area contributed by atoms with Gasteiger partial charge < -0.3 is 14.6 Å². The maximum atomic E-state index is 13.0. The van der Waals surface area contributed by atoms with Crippen LogP contribution in [-0.2, 0) is 18.4 Å². The van der Waals surface area contributed by atoms with Gasteiger partial charge in [-0.2, -0.15) is 0 Å². The van der Waals surface area contributed by atoms with Crippen molar-refractivity contribution >= 4 is 38.6 Å². The maximum Gasteiger partial charge on any atom is 0.278 e. The first-order valence-electron chi connectivity index (χ1n) is 9.20. The van der Waals surface area contributed by atoms with Crippen LogP contribution in [0.15, 0.2) is 70.3 Å². The lowest BCUT2D eigenvalue weighted by molar-refractivity contribution is -0.116. The van der Waals surface area contributed by atoms with Crippen molar-refractivity contribution in [2.75, 3.05) is 12.4 Å². The number of hydrogen-bond donors (Lipinski definition) is 1. The number of fused-ring (bicyclic) bond motifs is 1. The number of nitrogens with zero attached hydrogens (tertiary/aromatic N) is 3. The Morgan fingerprint density at radius 1 is 1.20 bits per heavy atom. The molecule has 0 bridgehead atoms. The molecule has 152 valence electrons. The van der Waals surface area contributed by atoms with Crippen molar-refractivity contribution in [3.63, 3.8) is 0 Å². The van der Waals surface area contributed by atoms with Crippen LogP contribution in [0.3, 0.4) is 0 Å². The number of ether oxygens (including phenoxy) is 1. The summed E-state index contributed by atoms with van der Waals surface area (Å²) >= 11 is 3.37. The van der Waals surface area contributed by atoms with E-state index in [1.165, 1.54) is 10.9 Å². The van der Waals surface area contributed by atoms with E-state index in [4.69, 9.17) is 4.74 Å². The molecule has 0 unspecified atom stereocenters. The Morgan fingerprint density at radius 2 is 2.00 bits per heavy atom. The fourth-order valence-electron chi connectivity index (χ4n) is 3.35. The summed E-state index contributed by atoms with van der Waals surface area (Å²) in [6.07, 6.45) is 3.27. The highest BCUT2D eigenvalue weighted by Crippen LogP contribution is 2.29. The number of amides is 1. The average molecular weight is 467 g/mol. The molecule has 0 saturated heterocycles. The van der Waals surface area contributed by atoms with E-state index in [0.29, 0.717) is 16.7 Å². The normalized spacial score (nSPS) is 10.9. The van der Waals surface area contributed by atoms with Crippen LogP contribution in [-0.4, -0.2) is 27.1 Å². The van der Waals surface area contributed by atoms with Gasteiger partial charge in [0.05, 0.1) is 13.4 Å². The van der Waals surface area contributed by atoms with Gasteiger partial charge >= 0.3 is 0 Å². The van der Waals surface area contributed by atoms with Crippen molar-refractivity contribution in [1.29, 1.82) is 0 Å². The molecule has 2 aromatic carbocycles. The average Bonchev–Trinajstić information content (AvgIpc) is 3.07. The molecule has 4 rings (SSSR count). The first kappa shape index (κ1) is 19.9. The Hall–Kier alpha value is -3.39. The first-order valence-corrected chi connectivity index (χ1v) is 10.00. The highest BCUT2D eigenvalue weighted by atomic mass is 79.9. The first-order chi connectivity index (χ1) is 14.5. The zero-order valence-electron chi connectivity index (χ0n) is 16.4. The summed E-state index contributed by atoms with van der Waals surface area (Å²) in [5.41, 5.74) is 3.12. The molecule has 7 nitrogen and oxygen atoms in total. The number of anilines is 1. The molecule has 0 aliphatic carbocycles. The molecule has 0 fully saturated rings. The van der Waals surface area contributed by atoms with Crippen molar-refractivity contribution in [2.24, 2.45) is 7.05 Å². The van der Waals surface area contributed by atoms with Crippen LogP contribution in [0.4, 0.5) is 5.69 Å². The smallest absolute Gasteiger partial charge is 0.278 e. The second kappa shape index (κ2) is 8.16. The highest BCUT2D eigenvalue weighted by molar-refractivity contribution is 9.10. The molecule has 0 radical (unpaired) electrons. The lowest BCUT2D eigenvalue weighted by atomic mass is 10.1. The van der Waals surface area contributed by atoms with Gasteiger partial charge in [-0.15, -0.1) is 0 Å². The van der Waals surface area contributed by atoms with Crippen LogP contribution in [0.25, 0.3) is 22.2 Å². The predicted octanol–water partition coefficient (Wildman–Crippen LogP) is 3.81. The number of aryl methyl sites for hydroxylation is 1. The van der Waals surface area contributed by atoms with Gasteiger partial charge in [-0.3, -0.25) is 14.2 Å². The zero-order valence-corrected chi connectivity index (χ0v) is 18.0. The van der Waals surface area contributed by atoms with Crippen molar-refractivity contribution in [3.05, 3.63) is 75.9 Å².